The van der Waals surface area contributed by atoms with E-state index in [1.165, 1.54) is 0 Å². The third-order valence-corrected chi connectivity index (χ3v) is 2.86. The Labute approximate surface area is 88.9 Å². The van der Waals surface area contributed by atoms with Crippen LogP contribution in [0.25, 0.3) is 0 Å². The monoisotopic (exact) mass is 215 g/mol. The largest absolute Gasteiger partial charge is 0.368 e. The van der Waals surface area contributed by atoms with E-state index in [1.54, 1.807) is 4.57 Å². The van der Waals surface area contributed by atoms with Gasteiger partial charge in [-0.3, -0.25) is 4.57 Å². The lowest BCUT2D eigenvalue weighted by Gasteiger charge is -2.32. The van der Waals surface area contributed by atoms with Gasteiger partial charge in [0.05, 0.1) is 0 Å². The number of nitrogens with zero attached hydrogens (tertiary/aromatic N) is 3. The first kappa shape index (κ1) is 11.2. The van der Waals surface area contributed by atoms with Crippen molar-refractivity contribution in [2.75, 3.05) is 19.8 Å². The molecule has 0 radical (unpaired) electrons. The van der Waals surface area contributed by atoms with Crippen molar-refractivity contribution in [3.63, 3.8) is 0 Å². The highest BCUT2D eigenvalue weighted by Crippen LogP contribution is 2.15. The number of likely N-dealkylation sites (N-methyl/N-ethyl adjacent to an activating group) is 1. The molecule has 1 aromatic heterocycles. The van der Waals surface area contributed by atoms with Gasteiger partial charge in [-0.25, -0.2) is 5.10 Å². The molecule has 0 aliphatic heterocycles. The Hall–Kier alpha value is -0.880. The summed E-state index contributed by atoms with van der Waals surface area (Å²) in [5, 5.41) is 6.54. The minimum absolute atomic E-state index is 0.00375. The molecule has 0 unspecified atom stereocenters. The van der Waals surface area contributed by atoms with E-state index in [0.29, 0.717) is 10.7 Å². The van der Waals surface area contributed by atoms with Crippen LogP contribution in [0.1, 0.15) is 13.8 Å². The highest BCUT2D eigenvalue weighted by Gasteiger charge is 2.22. The second-order valence-electron chi connectivity index (χ2n) is 4.18. The van der Waals surface area contributed by atoms with E-state index in [0.717, 1.165) is 6.54 Å². The number of nitrogen functional groups attached to an aromatic ring is 1. The Bertz CT molecular complexity index is 362. The van der Waals surface area contributed by atoms with Crippen LogP contribution in [0.3, 0.4) is 0 Å². The molecule has 14 heavy (non-hydrogen) atoms. The lowest BCUT2D eigenvalue weighted by molar-refractivity contribution is 0.169. The van der Waals surface area contributed by atoms with Gasteiger partial charge in [-0.15, -0.1) is 5.10 Å². The molecule has 5 nitrogen and oxygen atoms in total. The molecule has 1 rings (SSSR count). The molecular weight excluding hydrogens is 198 g/mol. The zero-order chi connectivity index (χ0) is 10.9. The molecule has 0 atom stereocenters. The maximum atomic E-state index is 5.68. The predicted molar refractivity (Wildman–Crippen MR) is 59.6 cm³/mol. The normalized spacial score (nSPS) is 12.4. The van der Waals surface area contributed by atoms with Crippen molar-refractivity contribution in [1.29, 1.82) is 0 Å². The van der Waals surface area contributed by atoms with Gasteiger partial charge in [0.15, 0.2) is 4.77 Å². The van der Waals surface area contributed by atoms with Gasteiger partial charge in [0.2, 0.25) is 5.95 Å². The summed E-state index contributed by atoms with van der Waals surface area (Å²) in [6.45, 7) is 4.98. The average molecular weight is 215 g/mol. The fourth-order valence-electron chi connectivity index (χ4n) is 1.01. The van der Waals surface area contributed by atoms with E-state index >= 15 is 0 Å². The average Bonchev–Trinajstić information content (AvgIpc) is 2.35. The van der Waals surface area contributed by atoms with Crippen LogP contribution in [0.4, 0.5) is 5.95 Å². The third-order valence-electron chi connectivity index (χ3n) is 2.54. The number of aromatic nitrogens is 3. The van der Waals surface area contributed by atoms with E-state index in [2.05, 4.69) is 28.9 Å². The number of nitrogens with one attached hydrogen (secondary N) is 1. The Morgan fingerprint density at radius 1 is 1.57 bits per heavy atom. The zero-order valence-electron chi connectivity index (χ0n) is 9.03. The molecule has 0 saturated heterocycles. The summed E-state index contributed by atoms with van der Waals surface area (Å²) >= 11 is 5.07. The summed E-state index contributed by atoms with van der Waals surface area (Å²) in [6, 6.07) is 0. The molecule has 3 N–H and O–H groups in total. The van der Waals surface area contributed by atoms with Crippen LogP contribution in [0.15, 0.2) is 0 Å². The quantitative estimate of drug-likeness (QED) is 0.734. The molecule has 0 bridgehead atoms. The second kappa shape index (κ2) is 3.70. The lowest BCUT2D eigenvalue weighted by Crippen LogP contribution is -2.42. The Morgan fingerprint density at radius 2 is 2.14 bits per heavy atom. The van der Waals surface area contributed by atoms with Gasteiger partial charge < -0.3 is 10.6 Å². The molecule has 0 aliphatic rings. The van der Waals surface area contributed by atoms with Gasteiger partial charge in [0.1, 0.15) is 0 Å². The Kier molecular flexibility index (Phi) is 2.96. The molecule has 0 fully saturated rings. The molecule has 0 saturated carbocycles. The molecular formula is C8H17N5S. The molecule has 0 spiro atoms. The highest BCUT2D eigenvalue weighted by atomic mass is 32.1. The maximum absolute atomic E-state index is 5.68. The Balaban J connectivity index is 2.94. The molecule has 0 aromatic carbocycles. The summed E-state index contributed by atoms with van der Waals surface area (Å²) in [4.78, 5) is 2.13. The van der Waals surface area contributed by atoms with Gasteiger partial charge in [-0.2, -0.15) is 0 Å². The smallest absolute Gasteiger partial charge is 0.220 e. The van der Waals surface area contributed by atoms with Crippen molar-refractivity contribution < 1.29 is 0 Å². The predicted octanol–water partition coefficient (Wildman–Crippen LogP) is 0.863. The maximum Gasteiger partial charge on any atom is 0.220 e. The van der Waals surface area contributed by atoms with Crippen LogP contribution in [0, 0.1) is 4.77 Å². The first-order valence-corrected chi connectivity index (χ1v) is 4.83. The molecule has 1 heterocycles. The van der Waals surface area contributed by atoms with Crippen LogP contribution in [0.5, 0.6) is 0 Å². The van der Waals surface area contributed by atoms with Gasteiger partial charge >= 0.3 is 0 Å². The van der Waals surface area contributed by atoms with Crippen LogP contribution < -0.4 is 5.73 Å². The fraction of sp³-hybridized carbons (Fsp3) is 0.750. The van der Waals surface area contributed by atoms with Gasteiger partial charge in [-0.05, 0) is 40.2 Å². The standard InChI is InChI=1S/C8H17N5S/c1-8(2,12(3)4)5-13-6(9)10-11-7(13)14/h5H2,1-4H3,(H2,9,10)(H,11,14). The third kappa shape index (κ3) is 2.13. The first-order valence-electron chi connectivity index (χ1n) is 4.43. The summed E-state index contributed by atoms with van der Waals surface area (Å²) in [5.74, 6) is 0.435. The summed E-state index contributed by atoms with van der Waals surface area (Å²) in [6.07, 6.45) is 0. The molecule has 80 valence electrons. The second-order valence-corrected chi connectivity index (χ2v) is 4.57. The SMILES string of the molecule is CN(C)C(C)(C)Cn1c(N)n[nH]c1=S. The van der Waals surface area contributed by atoms with E-state index in [-0.39, 0.29) is 5.54 Å². The number of H-pyrrole nitrogens is 1. The van der Waals surface area contributed by atoms with E-state index in [4.69, 9.17) is 18.0 Å². The van der Waals surface area contributed by atoms with E-state index < -0.39 is 0 Å². The van der Waals surface area contributed by atoms with E-state index in [9.17, 15) is 0 Å². The number of hydrogen-bond donors (Lipinski definition) is 2. The number of aromatic amines is 1. The van der Waals surface area contributed by atoms with Crippen molar-refractivity contribution in [3.8, 4) is 0 Å². The molecule has 0 aliphatic carbocycles. The van der Waals surface area contributed by atoms with Gasteiger partial charge in [-0.1, -0.05) is 0 Å². The summed E-state index contributed by atoms with van der Waals surface area (Å²) < 4.78 is 2.37. The minimum Gasteiger partial charge on any atom is -0.368 e. The van der Waals surface area contributed by atoms with Crippen molar-refractivity contribution >= 4 is 18.2 Å². The van der Waals surface area contributed by atoms with Crippen molar-refractivity contribution in [2.24, 2.45) is 0 Å². The van der Waals surface area contributed by atoms with Crippen molar-refractivity contribution in [1.82, 2.24) is 19.7 Å². The summed E-state index contributed by atoms with van der Waals surface area (Å²) in [5.41, 5.74) is 5.68. The van der Waals surface area contributed by atoms with Crippen molar-refractivity contribution in [3.05, 3.63) is 4.77 Å². The number of anilines is 1. The first-order chi connectivity index (χ1) is 6.34. The molecule has 1 aromatic rings. The van der Waals surface area contributed by atoms with Crippen molar-refractivity contribution in [2.45, 2.75) is 25.9 Å². The number of hydrogen-bond acceptors (Lipinski definition) is 4. The number of rotatable bonds is 3. The Morgan fingerprint density at radius 3 is 2.50 bits per heavy atom. The van der Waals surface area contributed by atoms with Gasteiger partial charge in [0, 0.05) is 12.1 Å². The minimum atomic E-state index is -0.00375. The molecule has 6 heteroatoms. The van der Waals surface area contributed by atoms with Gasteiger partial charge in [0.25, 0.3) is 0 Å². The van der Waals surface area contributed by atoms with E-state index in [1.807, 2.05) is 14.1 Å². The topological polar surface area (TPSA) is 62.9 Å². The highest BCUT2D eigenvalue weighted by molar-refractivity contribution is 7.71. The lowest BCUT2D eigenvalue weighted by atomic mass is 10.0. The fourth-order valence-corrected chi connectivity index (χ4v) is 1.21. The molecule has 0 amide bonds. The summed E-state index contributed by atoms with van der Waals surface area (Å²) in [7, 11) is 4.06. The van der Waals surface area contributed by atoms with Crippen LogP contribution in [-0.2, 0) is 6.54 Å². The number of nitrogens with two attached hydrogens (primary N) is 1. The van der Waals surface area contributed by atoms with Crippen LogP contribution in [-0.4, -0.2) is 39.3 Å². The van der Waals surface area contributed by atoms with Crippen LogP contribution >= 0.6 is 12.2 Å². The van der Waals surface area contributed by atoms with Crippen LogP contribution in [0.2, 0.25) is 0 Å². The zero-order valence-corrected chi connectivity index (χ0v) is 9.85.